The summed E-state index contributed by atoms with van der Waals surface area (Å²) in [5.74, 6) is 0.170. The zero-order valence-corrected chi connectivity index (χ0v) is 21.3. The van der Waals surface area contributed by atoms with Crippen molar-refractivity contribution in [3.8, 4) is 0 Å². The van der Waals surface area contributed by atoms with Crippen LogP contribution in [0.25, 0.3) is 17.0 Å². The summed E-state index contributed by atoms with van der Waals surface area (Å²) in [5, 5.41) is 8.08. The highest BCUT2D eigenvalue weighted by Gasteiger charge is 2.35. The van der Waals surface area contributed by atoms with Gasteiger partial charge in [0.25, 0.3) is 11.1 Å². The van der Waals surface area contributed by atoms with Crippen molar-refractivity contribution in [1.29, 1.82) is 0 Å². The molecule has 0 saturated carbocycles. The second kappa shape index (κ2) is 10.5. The van der Waals surface area contributed by atoms with Crippen molar-refractivity contribution in [3.63, 3.8) is 0 Å². The van der Waals surface area contributed by atoms with Crippen LogP contribution in [0.4, 0.5) is 18.0 Å². The number of halogens is 4. The number of amides is 2. The molecule has 5 rings (SSSR count). The van der Waals surface area contributed by atoms with Gasteiger partial charge in [-0.3, -0.25) is 19.2 Å². The molecule has 1 atom stereocenters. The number of nitrogens with zero attached hydrogens (tertiary/aromatic N) is 3. The van der Waals surface area contributed by atoms with Gasteiger partial charge in [-0.1, -0.05) is 23.7 Å². The number of rotatable bonds is 6. The number of hydrogen-bond donors (Lipinski definition) is 1. The standard InChI is InChI=1S/C26H24ClF3N4O2S/c27-20-5-4-18(21(12-20)26(28,29)30)15-34-22-6-3-17(10-19(22)14-32-34)11-23-24(35)33(25(36)37-23)9-7-16-2-1-8-31-13-16/h3-6,10-12,14,16,31H,1-2,7-9,13,15H2. The minimum absolute atomic E-state index is 0.0152. The predicted octanol–water partition coefficient (Wildman–Crippen LogP) is 6.18. The van der Waals surface area contributed by atoms with Crippen LogP contribution < -0.4 is 5.32 Å². The van der Waals surface area contributed by atoms with Gasteiger partial charge in [0.2, 0.25) is 0 Å². The van der Waals surface area contributed by atoms with Gasteiger partial charge in [-0.25, -0.2) is 0 Å². The van der Waals surface area contributed by atoms with Crippen molar-refractivity contribution >= 4 is 51.5 Å². The highest BCUT2D eigenvalue weighted by molar-refractivity contribution is 8.18. The van der Waals surface area contributed by atoms with E-state index in [9.17, 15) is 22.8 Å². The fourth-order valence-corrected chi connectivity index (χ4v) is 5.80. The summed E-state index contributed by atoms with van der Waals surface area (Å²) in [5.41, 5.74) is 0.616. The molecule has 1 aromatic heterocycles. The first-order valence-corrected chi connectivity index (χ1v) is 13.2. The minimum Gasteiger partial charge on any atom is -0.316 e. The lowest BCUT2D eigenvalue weighted by Crippen LogP contribution is -2.34. The molecule has 2 aromatic carbocycles. The van der Waals surface area contributed by atoms with Gasteiger partial charge < -0.3 is 5.32 Å². The molecule has 2 saturated heterocycles. The van der Waals surface area contributed by atoms with E-state index >= 15 is 0 Å². The van der Waals surface area contributed by atoms with Crippen molar-refractivity contribution in [2.75, 3.05) is 19.6 Å². The van der Waals surface area contributed by atoms with Crippen LogP contribution in [0.2, 0.25) is 5.02 Å². The number of carbonyl (C=O) groups excluding carboxylic acids is 2. The first-order valence-electron chi connectivity index (χ1n) is 12.0. The van der Waals surface area contributed by atoms with E-state index in [4.69, 9.17) is 11.6 Å². The summed E-state index contributed by atoms with van der Waals surface area (Å²) in [6, 6.07) is 9.00. The lowest BCUT2D eigenvalue weighted by Gasteiger charge is -2.24. The van der Waals surface area contributed by atoms with Crippen molar-refractivity contribution in [2.45, 2.75) is 32.0 Å². The second-order valence-electron chi connectivity index (χ2n) is 9.25. The normalized spacial score (nSPS) is 19.9. The summed E-state index contributed by atoms with van der Waals surface area (Å²) >= 11 is 6.71. The third-order valence-corrected chi connectivity index (χ3v) is 7.84. The lowest BCUT2D eigenvalue weighted by atomic mass is 9.96. The van der Waals surface area contributed by atoms with Gasteiger partial charge >= 0.3 is 6.18 Å². The zero-order chi connectivity index (χ0) is 26.2. The molecule has 3 heterocycles. The summed E-state index contributed by atoms with van der Waals surface area (Å²) in [7, 11) is 0. The van der Waals surface area contributed by atoms with E-state index in [0.29, 0.717) is 33.8 Å². The second-order valence-corrected chi connectivity index (χ2v) is 10.7. The molecule has 0 aliphatic carbocycles. The van der Waals surface area contributed by atoms with Crippen LogP contribution in [0, 0.1) is 5.92 Å². The van der Waals surface area contributed by atoms with Gasteiger partial charge in [0.1, 0.15) is 0 Å². The van der Waals surface area contributed by atoms with E-state index in [1.807, 2.05) is 0 Å². The number of thioether (sulfide) groups is 1. The molecule has 2 amide bonds. The molecule has 0 spiro atoms. The molecule has 2 aliphatic heterocycles. The fourth-order valence-electron chi connectivity index (χ4n) is 4.76. The van der Waals surface area contributed by atoms with Crippen LogP contribution in [0.15, 0.2) is 47.5 Å². The van der Waals surface area contributed by atoms with Gasteiger partial charge in [0, 0.05) is 17.0 Å². The van der Waals surface area contributed by atoms with Crippen LogP contribution in [0.1, 0.15) is 36.0 Å². The van der Waals surface area contributed by atoms with Gasteiger partial charge in [-0.05, 0) is 91.5 Å². The average molecular weight is 549 g/mol. The molecule has 11 heteroatoms. The molecule has 6 nitrogen and oxygen atoms in total. The summed E-state index contributed by atoms with van der Waals surface area (Å²) in [6.45, 7) is 2.25. The average Bonchev–Trinajstić information content (AvgIpc) is 3.38. The predicted molar refractivity (Wildman–Crippen MR) is 138 cm³/mol. The van der Waals surface area contributed by atoms with E-state index in [0.717, 1.165) is 50.2 Å². The summed E-state index contributed by atoms with van der Waals surface area (Å²) < 4.78 is 42.0. The molecular weight excluding hydrogens is 525 g/mol. The summed E-state index contributed by atoms with van der Waals surface area (Å²) in [4.78, 5) is 27.0. The number of hydrogen-bond acceptors (Lipinski definition) is 5. The van der Waals surface area contributed by atoms with E-state index in [1.54, 1.807) is 30.5 Å². The van der Waals surface area contributed by atoms with Crippen LogP contribution in [0.5, 0.6) is 0 Å². The first-order chi connectivity index (χ1) is 17.7. The maximum absolute atomic E-state index is 13.5. The van der Waals surface area contributed by atoms with Gasteiger partial charge in [0.05, 0.1) is 28.7 Å². The molecule has 194 valence electrons. The monoisotopic (exact) mass is 548 g/mol. The van der Waals surface area contributed by atoms with E-state index in [2.05, 4.69) is 10.4 Å². The number of aromatic nitrogens is 2. The molecule has 3 aromatic rings. The van der Waals surface area contributed by atoms with Gasteiger partial charge in [-0.15, -0.1) is 0 Å². The van der Waals surface area contributed by atoms with Crippen molar-refractivity contribution in [1.82, 2.24) is 20.0 Å². The Hall–Kier alpha value is -2.82. The van der Waals surface area contributed by atoms with Gasteiger partial charge in [0.15, 0.2) is 0 Å². The Morgan fingerprint density at radius 3 is 2.78 bits per heavy atom. The lowest BCUT2D eigenvalue weighted by molar-refractivity contribution is -0.138. The minimum atomic E-state index is -4.54. The smallest absolute Gasteiger partial charge is 0.316 e. The molecule has 2 fully saturated rings. The zero-order valence-electron chi connectivity index (χ0n) is 19.7. The number of carbonyl (C=O) groups is 2. The highest BCUT2D eigenvalue weighted by atomic mass is 35.5. The number of alkyl halides is 3. The van der Waals surface area contributed by atoms with E-state index in [1.165, 1.54) is 21.7 Å². The Labute approximate surface area is 220 Å². The van der Waals surface area contributed by atoms with Crippen molar-refractivity contribution in [3.05, 3.63) is 69.2 Å². The Balaban J connectivity index is 1.32. The molecule has 0 radical (unpaired) electrons. The topological polar surface area (TPSA) is 67.2 Å². The third kappa shape index (κ3) is 5.71. The fraction of sp³-hybridized carbons (Fsp3) is 0.346. The maximum Gasteiger partial charge on any atom is 0.416 e. The van der Waals surface area contributed by atoms with Crippen LogP contribution in [0.3, 0.4) is 0 Å². The largest absolute Gasteiger partial charge is 0.416 e. The number of piperidine rings is 1. The highest BCUT2D eigenvalue weighted by Crippen LogP contribution is 2.35. The molecule has 2 aliphatic rings. The Kier molecular flexibility index (Phi) is 7.33. The van der Waals surface area contributed by atoms with Crippen LogP contribution >= 0.6 is 23.4 Å². The Morgan fingerprint density at radius 1 is 1.19 bits per heavy atom. The van der Waals surface area contributed by atoms with E-state index in [-0.39, 0.29) is 28.3 Å². The van der Waals surface area contributed by atoms with Crippen molar-refractivity contribution < 1.29 is 22.8 Å². The molecular formula is C26H24ClF3N4O2S. The maximum atomic E-state index is 13.5. The SMILES string of the molecule is O=C1SC(=Cc2ccc3c(cnn3Cc3ccc(Cl)cc3C(F)(F)F)c2)C(=O)N1CCC1CCCNC1. The third-order valence-electron chi connectivity index (χ3n) is 6.69. The van der Waals surface area contributed by atoms with Gasteiger partial charge in [-0.2, -0.15) is 18.3 Å². The molecule has 1 unspecified atom stereocenters. The Bertz CT molecular complexity index is 1380. The summed E-state index contributed by atoms with van der Waals surface area (Å²) in [6.07, 6.45) is 1.70. The quantitative estimate of drug-likeness (QED) is 0.372. The van der Waals surface area contributed by atoms with Crippen molar-refractivity contribution in [2.24, 2.45) is 5.92 Å². The molecule has 0 bridgehead atoms. The first kappa shape index (κ1) is 25.8. The number of nitrogens with one attached hydrogen (secondary N) is 1. The van der Waals surface area contributed by atoms with Crippen LogP contribution in [-0.2, 0) is 17.5 Å². The number of benzene rings is 2. The van der Waals surface area contributed by atoms with Crippen LogP contribution in [-0.4, -0.2) is 45.5 Å². The molecule has 37 heavy (non-hydrogen) atoms. The molecule has 1 N–H and O–H groups in total. The Morgan fingerprint density at radius 2 is 2.03 bits per heavy atom. The number of fused-ring (bicyclic) bond motifs is 1. The number of imide groups is 1. The van der Waals surface area contributed by atoms with E-state index < -0.39 is 11.7 Å².